The van der Waals surface area contributed by atoms with Crippen LogP contribution in [0, 0.1) is 0 Å². The number of benzene rings is 2. The van der Waals surface area contributed by atoms with Gasteiger partial charge in [0.05, 0.1) is 0 Å². The fourth-order valence-corrected chi connectivity index (χ4v) is 3.87. The Balaban J connectivity index is 1.38. The summed E-state index contributed by atoms with van der Waals surface area (Å²) in [4.78, 5) is 26.3. The van der Waals surface area contributed by atoms with Crippen LogP contribution in [0.5, 0.6) is 11.5 Å². The van der Waals surface area contributed by atoms with Crippen LogP contribution < -0.4 is 19.7 Å². The topological polar surface area (TPSA) is 67.9 Å². The van der Waals surface area contributed by atoms with Crippen LogP contribution >= 0.6 is 0 Å². The number of fused-ring (bicyclic) bond motifs is 1. The van der Waals surface area contributed by atoms with E-state index in [2.05, 4.69) is 5.32 Å². The van der Waals surface area contributed by atoms with Crippen molar-refractivity contribution in [3.05, 3.63) is 48.0 Å². The second-order valence-electron chi connectivity index (χ2n) is 8.17. The van der Waals surface area contributed by atoms with Crippen molar-refractivity contribution in [2.24, 2.45) is 0 Å². The minimum Gasteiger partial charge on any atom is -0.483 e. The second-order valence-corrected chi connectivity index (χ2v) is 8.17. The Hall–Kier alpha value is -3.02. The number of nitrogens with zero attached hydrogens (tertiary/aromatic N) is 1. The Labute approximate surface area is 170 Å². The highest BCUT2D eigenvalue weighted by Gasteiger charge is 2.32. The minimum absolute atomic E-state index is 0.118. The van der Waals surface area contributed by atoms with E-state index in [1.165, 1.54) is 0 Å². The quantitative estimate of drug-likeness (QED) is 0.834. The summed E-state index contributed by atoms with van der Waals surface area (Å²) in [5, 5.41) is 2.85. The van der Waals surface area contributed by atoms with Gasteiger partial charge in [-0.2, -0.15) is 0 Å². The number of carbonyl (C=O) groups excluding carboxylic acids is 2. The molecule has 0 unspecified atom stereocenters. The largest absolute Gasteiger partial charge is 0.483 e. The van der Waals surface area contributed by atoms with Crippen molar-refractivity contribution in [3.8, 4) is 11.5 Å². The first-order valence-electron chi connectivity index (χ1n) is 10.1. The predicted molar refractivity (Wildman–Crippen MR) is 112 cm³/mol. The van der Waals surface area contributed by atoms with Gasteiger partial charge in [0.1, 0.15) is 5.60 Å². The maximum atomic E-state index is 12.4. The molecule has 1 fully saturated rings. The third-order valence-electron chi connectivity index (χ3n) is 5.18. The fraction of sp³-hybridized carbons (Fsp3) is 0.391. The van der Waals surface area contributed by atoms with E-state index >= 15 is 0 Å². The van der Waals surface area contributed by atoms with Crippen molar-refractivity contribution < 1.29 is 19.1 Å². The third-order valence-corrected chi connectivity index (χ3v) is 5.18. The molecule has 2 amide bonds. The monoisotopic (exact) mass is 394 g/mol. The summed E-state index contributed by atoms with van der Waals surface area (Å²) in [5.74, 6) is 1.16. The lowest BCUT2D eigenvalue weighted by Gasteiger charge is -2.27. The molecule has 0 spiro atoms. The molecule has 29 heavy (non-hydrogen) atoms. The SMILES string of the molecule is CC1(C)Cc2cccc(OCC(=O)Nc3cccc(N4CCCCC4=O)c3)c2O1. The maximum Gasteiger partial charge on any atom is 0.262 e. The molecule has 0 atom stereocenters. The van der Waals surface area contributed by atoms with Crippen molar-refractivity contribution >= 4 is 23.2 Å². The number of ether oxygens (including phenoxy) is 2. The van der Waals surface area contributed by atoms with Crippen molar-refractivity contribution in [1.29, 1.82) is 0 Å². The van der Waals surface area contributed by atoms with Gasteiger partial charge >= 0.3 is 0 Å². The van der Waals surface area contributed by atoms with E-state index in [4.69, 9.17) is 9.47 Å². The van der Waals surface area contributed by atoms with Crippen LogP contribution in [0.25, 0.3) is 0 Å². The fourth-order valence-electron chi connectivity index (χ4n) is 3.87. The van der Waals surface area contributed by atoms with Gasteiger partial charge in [0.25, 0.3) is 5.91 Å². The first-order valence-corrected chi connectivity index (χ1v) is 10.1. The van der Waals surface area contributed by atoms with Crippen molar-refractivity contribution in [2.75, 3.05) is 23.4 Å². The lowest BCUT2D eigenvalue weighted by molar-refractivity contribution is -0.119. The molecule has 6 heteroatoms. The van der Waals surface area contributed by atoms with Gasteiger partial charge in [-0.25, -0.2) is 0 Å². The van der Waals surface area contributed by atoms with Gasteiger partial charge < -0.3 is 19.7 Å². The van der Waals surface area contributed by atoms with Crippen LogP contribution in [0.1, 0.15) is 38.7 Å². The Kier molecular flexibility index (Phi) is 5.18. The van der Waals surface area contributed by atoms with Crippen LogP contribution in [-0.4, -0.2) is 30.6 Å². The minimum atomic E-state index is -0.267. The van der Waals surface area contributed by atoms with Gasteiger partial charge in [-0.3, -0.25) is 9.59 Å². The zero-order chi connectivity index (χ0) is 20.4. The number of hydrogen-bond acceptors (Lipinski definition) is 4. The van der Waals surface area contributed by atoms with Crippen LogP contribution in [0.4, 0.5) is 11.4 Å². The van der Waals surface area contributed by atoms with E-state index in [0.717, 1.165) is 42.8 Å². The lowest BCUT2D eigenvalue weighted by Crippen LogP contribution is -2.35. The van der Waals surface area contributed by atoms with Crippen molar-refractivity contribution in [3.63, 3.8) is 0 Å². The molecule has 2 heterocycles. The third kappa shape index (κ3) is 4.36. The molecule has 0 aliphatic carbocycles. The van der Waals surface area contributed by atoms with Crippen LogP contribution in [0.2, 0.25) is 0 Å². The molecule has 152 valence electrons. The van der Waals surface area contributed by atoms with Crippen LogP contribution in [0.3, 0.4) is 0 Å². The molecule has 0 bridgehead atoms. The average Bonchev–Trinajstić information content (AvgIpc) is 3.01. The van der Waals surface area contributed by atoms with Gasteiger partial charge in [-0.15, -0.1) is 0 Å². The highest BCUT2D eigenvalue weighted by atomic mass is 16.5. The summed E-state index contributed by atoms with van der Waals surface area (Å²) >= 11 is 0. The maximum absolute atomic E-state index is 12.4. The number of rotatable bonds is 5. The molecular weight excluding hydrogens is 368 g/mol. The Bertz CT molecular complexity index is 938. The van der Waals surface area contributed by atoms with Gasteiger partial charge in [-0.1, -0.05) is 18.2 Å². The van der Waals surface area contributed by atoms with E-state index < -0.39 is 0 Å². The molecule has 0 radical (unpaired) electrons. The highest BCUT2D eigenvalue weighted by molar-refractivity contribution is 5.96. The van der Waals surface area contributed by atoms with Crippen LogP contribution in [0.15, 0.2) is 42.5 Å². The summed E-state index contributed by atoms with van der Waals surface area (Å²) in [6.45, 7) is 4.66. The van der Waals surface area contributed by atoms with Gasteiger partial charge in [0, 0.05) is 36.3 Å². The van der Waals surface area contributed by atoms with E-state index in [0.29, 0.717) is 17.9 Å². The first kappa shape index (κ1) is 19.3. The summed E-state index contributed by atoms with van der Waals surface area (Å²) < 4.78 is 11.7. The van der Waals surface area contributed by atoms with E-state index in [1.54, 1.807) is 4.90 Å². The van der Waals surface area contributed by atoms with Crippen molar-refractivity contribution in [1.82, 2.24) is 0 Å². The molecule has 6 nitrogen and oxygen atoms in total. The molecule has 0 saturated carbocycles. The van der Waals surface area contributed by atoms with E-state index in [9.17, 15) is 9.59 Å². The smallest absolute Gasteiger partial charge is 0.262 e. The second kappa shape index (κ2) is 7.78. The Morgan fingerprint density at radius 1 is 1.21 bits per heavy atom. The number of nitrogens with one attached hydrogen (secondary N) is 1. The van der Waals surface area contributed by atoms with Crippen LogP contribution in [-0.2, 0) is 16.0 Å². The van der Waals surface area contributed by atoms with E-state index in [1.807, 2.05) is 56.3 Å². The molecule has 2 aromatic carbocycles. The summed E-state index contributed by atoms with van der Waals surface area (Å²) in [5.41, 5.74) is 2.28. The standard InChI is InChI=1S/C23H26N2O4/c1-23(2)14-16-7-5-10-19(22(16)29-23)28-15-20(26)24-17-8-6-9-18(13-17)25-12-4-3-11-21(25)27/h5-10,13H,3-4,11-12,14-15H2,1-2H3,(H,24,26). The summed E-state index contributed by atoms with van der Waals surface area (Å²) in [7, 11) is 0. The molecule has 2 aromatic rings. The van der Waals surface area contributed by atoms with Gasteiger partial charge in [0.15, 0.2) is 18.1 Å². The molecule has 4 rings (SSSR count). The zero-order valence-electron chi connectivity index (χ0n) is 16.9. The highest BCUT2D eigenvalue weighted by Crippen LogP contribution is 2.41. The number of carbonyl (C=O) groups is 2. The average molecular weight is 394 g/mol. The number of piperidine rings is 1. The number of amides is 2. The predicted octanol–water partition coefficient (Wildman–Crippen LogP) is 3.93. The van der Waals surface area contributed by atoms with Gasteiger partial charge in [0.2, 0.25) is 5.91 Å². The number of anilines is 2. The van der Waals surface area contributed by atoms with E-state index in [-0.39, 0.29) is 24.0 Å². The molecule has 1 N–H and O–H groups in total. The van der Waals surface area contributed by atoms with Gasteiger partial charge in [-0.05, 0) is 51.0 Å². The molecule has 1 saturated heterocycles. The zero-order valence-corrected chi connectivity index (χ0v) is 16.9. The Morgan fingerprint density at radius 3 is 2.86 bits per heavy atom. The lowest BCUT2D eigenvalue weighted by atomic mass is 10.0. The van der Waals surface area contributed by atoms with Crippen molar-refractivity contribution in [2.45, 2.75) is 45.1 Å². The molecule has 2 aliphatic heterocycles. The molecule has 0 aromatic heterocycles. The Morgan fingerprint density at radius 2 is 2.03 bits per heavy atom. The summed E-state index contributed by atoms with van der Waals surface area (Å²) in [6, 6.07) is 13.1. The molecule has 2 aliphatic rings. The summed E-state index contributed by atoms with van der Waals surface area (Å²) in [6.07, 6.45) is 3.32. The number of hydrogen-bond donors (Lipinski definition) is 1. The molecular formula is C23H26N2O4. The first-order chi connectivity index (χ1) is 13.9. The number of para-hydroxylation sites is 1. The normalized spacial score (nSPS) is 17.4.